The second-order valence-corrected chi connectivity index (χ2v) is 7.15. The molecule has 4 rings (SSSR count). The number of carbonyl (C=O) groups excluding carboxylic acids is 3. The van der Waals surface area contributed by atoms with E-state index in [1.54, 1.807) is 37.3 Å². The number of hydrogen-bond acceptors (Lipinski definition) is 7. The van der Waals surface area contributed by atoms with Crippen LogP contribution in [0.4, 0.5) is 5.69 Å². The Hall–Kier alpha value is -4.53. The Morgan fingerprint density at radius 3 is 2.45 bits per heavy atom. The van der Waals surface area contributed by atoms with E-state index in [2.05, 4.69) is 20.8 Å². The van der Waals surface area contributed by atoms with Gasteiger partial charge in [0.2, 0.25) is 0 Å². The van der Waals surface area contributed by atoms with Crippen molar-refractivity contribution in [1.82, 2.24) is 15.5 Å². The zero-order chi connectivity index (χ0) is 23.4. The van der Waals surface area contributed by atoms with Crippen molar-refractivity contribution in [2.75, 3.05) is 19.0 Å². The van der Waals surface area contributed by atoms with E-state index in [-0.39, 0.29) is 17.2 Å². The van der Waals surface area contributed by atoms with Gasteiger partial charge in [-0.05, 0) is 37.3 Å². The number of hydrogen-bond donors (Lipinski definition) is 2. The second kappa shape index (κ2) is 9.31. The standard InChI is InChI=1S/C24H20N4O5/c1-14-21-18(12-19(27-23(21)33-28-14)15-6-4-3-5-7-15)24(31)32-13-20(29)26-17-10-8-16(9-11-17)22(30)25-2/h3-12H,13H2,1-2H3,(H,25,30)(H,26,29). The minimum absolute atomic E-state index is 0.209. The van der Waals surface area contributed by atoms with Gasteiger partial charge in [0, 0.05) is 23.9 Å². The fourth-order valence-corrected chi connectivity index (χ4v) is 3.27. The summed E-state index contributed by atoms with van der Waals surface area (Å²) in [6.45, 7) is 1.20. The van der Waals surface area contributed by atoms with E-state index in [0.717, 1.165) is 5.56 Å². The van der Waals surface area contributed by atoms with E-state index in [1.165, 1.54) is 7.05 Å². The number of ether oxygens (including phenoxy) is 1. The summed E-state index contributed by atoms with van der Waals surface area (Å²) >= 11 is 0. The summed E-state index contributed by atoms with van der Waals surface area (Å²) in [5.41, 5.74) is 3.15. The third-order valence-electron chi connectivity index (χ3n) is 4.90. The summed E-state index contributed by atoms with van der Waals surface area (Å²) in [7, 11) is 1.53. The molecule has 166 valence electrons. The molecular weight excluding hydrogens is 424 g/mol. The third kappa shape index (κ3) is 4.72. The van der Waals surface area contributed by atoms with E-state index in [4.69, 9.17) is 9.26 Å². The number of aryl methyl sites for hydroxylation is 1. The van der Waals surface area contributed by atoms with E-state index >= 15 is 0 Å². The molecule has 0 saturated carbocycles. The van der Waals surface area contributed by atoms with Crippen LogP contribution in [0.3, 0.4) is 0 Å². The lowest BCUT2D eigenvalue weighted by Crippen LogP contribution is -2.21. The van der Waals surface area contributed by atoms with Crippen LogP contribution in [0, 0.1) is 6.92 Å². The fourth-order valence-electron chi connectivity index (χ4n) is 3.27. The minimum atomic E-state index is -0.698. The summed E-state index contributed by atoms with van der Waals surface area (Å²) in [6.07, 6.45) is 0. The third-order valence-corrected chi connectivity index (χ3v) is 4.90. The van der Waals surface area contributed by atoms with Crippen molar-refractivity contribution in [3.05, 3.63) is 77.5 Å². The molecule has 2 aromatic heterocycles. The molecule has 0 aliphatic rings. The topological polar surface area (TPSA) is 123 Å². The smallest absolute Gasteiger partial charge is 0.339 e. The molecule has 0 saturated heterocycles. The number of amides is 2. The number of pyridine rings is 1. The molecule has 0 aliphatic carbocycles. The highest BCUT2D eigenvalue weighted by Crippen LogP contribution is 2.27. The van der Waals surface area contributed by atoms with Crippen LogP contribution in [0.5, 0.6) is 0 Å². The van der Waals surface area contributed by atoms with Crippen molar-refractivity contribution in [2.24, 2.45) is 0 Å². The number of nitrogens with zero attached hydrogens (tertiary/aromatic N) is 2. The summed E-state index contributed by atoms with van der Waals surface area (Å²) in [5, 5.41) is 9.47. The normalized spacial score (nSPS) is 10.6. The highest BCUT2D eigenvalue weighted by atomic mass is 16.5. The Morgan fingerprint density at radius 2 is 1.76 bits per heavy atom. The average Bonchev–Trinajstić information content (AvgIpc) is 3.23. The van der Waals surface area contributed by atoms with Gasteiger partial charge in [0.15, 0.2) is 6.61 Å². The SMILES string of the molecule is CNC(=O)c1ccc(NC(=O)COC(=O)c2cc(-c3ccccc3)nc3onc(C)c23)cc1. The zero-order valence-corrected chi connectivity index (χ0v) is 17.9. The molecule has 2 amide bonds. The zero-order valence-electron chi connectivity index (χ0n) is 17.9. The minimum Gasteiger partial charge on any atom is -0.452 e. The van der Waals surface area contributed by atoms with Gasteiger partial charge >= 0.3 is 5.97 Å². The monoisotopic (exact) mass is 444 g/mol. The van der Waals surface area contributed by atoms with Gasteiger partial charge in [-0.1, -0.05) is 35.5 Å². The molecule has 0 aliphatic heterocycles. The van der Waals surface area contributed by atoms with Crippen molar-refractivity contribution in [3.8, 4) is 11.3 Å². The summed E-state index contributed by atoms with van der Waals surface area (Å²) in [6, 6.07) is 17.2. The Balaban J connectivity index is 1.49. The number of benzene rings is 2. The molecule has 9 nitrogen and oxygen atoms in total. The first-order chi connectivity index (χ1) is 16.0. The number of esters is 1. The summed E-state index contributed by atoms with van der Waals surface area (Å²) in [5.74, 6) is -1.45. The average molecular weight is 444 g/mol. The largest absolute Gasteiger partial charge is 0.452 e. The van der Waals surface area contributed by atoms with Crippen LogP contribution in [0.1, 0.15) is 26.4 Å². The van der Waals surface area contributed by atoms with Gasteiger partial charge in [-0.25, -0.2) is 9.78 Å². The van der Waals surface area contributed by atoms with Crippen LogP contribution in [-0.2, 0) is 9.53 Å². The number of aromatic nitrogens is 2. The molecule has 4 aromatic rings. The van der Waals surface area contributed by atoms with Gasteiger partial charge in [0.1, 0.15) is 0 Å². The fraction of sp³-hybridized carbons (Fsp3) is 0.125. The molecule has 0 atom stereocenters. The van der Waals surface area contributed by atoms with Crippen molar-refractivity contribution in [2.45, 2.75) is 6.92 Å². The number of nitrogens with one attached hydrogen (secondary N) is 2. The number of rotatable bonds is 6. The van der Waals surface area contributed by atoms with Gasteiger partial charge in [-0.2, -0.15) is 0 Å². The van der Waals surface area contributed by atoms with Gasteiger partial charge in [0.05, 0.1) is 22.3 Å². The van der Waals surface area contributed by atoms with Gasteiger partial charge in [-0.3, -0.25) is 9.59 Å². The first kappa shape index (κ1) is 21.7. The van der Waals surface area contributed by atoms with Gasteiger partial charge in [0.25, 0.3) is 17.5 Å². The Labute approximate surface area is 188 Å². The summed E-state index contributed by atoms with van der Waals surface area (Å²) < 4.78 is 10.5. The molecule has 0 radical (unpaired) electrons. The summed E-state index contributed by atoms with van der Waals surface area (Å²) in [4.78, 5) is 41.2. The maximum absolute atomic E-state index is 12.9. The van der Waals surface area contributed by atoms with E-state index in [0.29, 0.717) is 28.0 Å². The molecule has 2 heterocycles. The first-order valence-corrected chi connectivity index (χ1v) is 10.1. The lowest BCUT2D eigenvalue weighted by molar-refractivity contribution is -0.119. The highest BCUT2D eigenvalue weighted by molar-refractivity contribution is 6.05. The second-order valence-electron chi connectivity index (χ2n) is 7.15. The van der Waals surface area contributed by atoms with Crippen molar-refractivity contribution in [1.29, 1.82) is 0 Å². The molecule has 33 heavy (non-hydrogen) atoms. The Bertz CT molecular complexity index is 1330. The van der Waals surface area contributed by atoms with Gasteiger partial charge < -0.3 is 19.9 Å². The van der Waals surface area contributed by atoms with Crippen molar-refractivity contribution >= 4 is 34.6 Å². The van der Waals surface area contributed by atoms with E-state index in [9.17, 15) is 14.4 Å². The lowest BCUT2D eigenvalue weighted by Gasteiger charge is -2.09. The van der Waals surface area contributed by atoms with Crippen LogP contribution in [0.2, 0.25) is 0 Å². The predicted octanol–water partition coefficient (Wildman–Crippen LogP) is 3.35. The molecule has 2 N–H and O–H groups in total. The lowest BCUT2D eigenvalue weighted by atomic mass is 10.1. The van der Waals surface area contributed by atoms with Crippen LogP contribution < -0.4 is 10.6 Å². The van der Waals surface area contributed by atoms with Crippen LogP contribution in [-0.4, -0.2) is 41.6 Å². The maximum atomic E-state index is 12.9. The molecule has 0 bridgehead atoms. The van der Waals surface area contributed by atoms with E-state index in [1.807, 2.05) is 30.3 Å². The molecule has 0 spiro atoms. The van der Waals surface area contributed by atoms with Crippen molar-refractivity contribution in [3.63, 3.8) is 0 Å². The molecule has 2 aromatic carbocycles. The Kier molecular flexibility index (Phi) is 6.12. The number of anilines is 1. The molecule has 9 heteroatoms. The molecule has 0 unspecified atom stereocenters. The van der Waals surface area contributed by atoms with Crippen molar-refractivity contribution < 1.29 is 23.6 Å². The Morgan fingerprint density at radius 1 is 1.03 bits per heavy atom. The predicted molar refractivity (Wildman–Crippen MR) is 121 cm³/mol. The molecule has 0 fully saturated rings. The van der Waals surface area contributed by atoms with Crippen LogP contribution in [0.25, 0.3) is 22.4 Å². The number of fused-ring (bicyclic) bond motifs is 1. The quantitative estimate of drug-likeness (QED) is 0.437. The van der Waals surface area contributed by atoms with Crippen LogP contribution in [0.15, 0.2) is 65.2 Å². The van der Waals surface area contributed by atoms with E-state index < -0.39 is 18.5 Å². The molecular formula is C24H20N4O5. The highest BCUT2D eigenvalue weighted by Gasteiger charge is 2.21. The maximum Gasteiger partial charge on any atom is 0.339 e. The van der Waals surface area contributed by atoms with Crippen LogP contribution >= 0.6 is 0 Å². The first-order valence-electron chi connectivity index (χ1n) is 10.1. The van der Waals surface area contributed by atoms with Gasteiger partial charge in [-0.15, -0.1) is 0 Å². The number of carbonyl (C=O) groups is 3.